The molecule has 4 heterocycles. The molecule has 0 radical (unpaired) electrons. The Morgan fingerprint density at radius 1 is 1.12 bits per heavy atom. The molecule has 1 saturated heterocycles. The summed E-state index contributed by atoms with van der Waals surface area (Å²) in [5.74, 6) is 0.285. The molecule has 3 atom stereocenters. The Balaban J connectivity index is 1.64. The van der Waals surface area contributed by atoms with Crippen molar-refractivity contribution in [2.75, 3.05) is 0 Å². The lowest BCUT2D eigenvalue weighted by Gasteiger charge is -2.33. The predicted octanol–water partition coefficient (Wildman–Crippen LogP) is 5.86. The minimum atomic E-state index is -0.416. The first-order valence-electron chi connectivity index (χ1n) is 11.0. The van der Waals surface area contributed by atoms with E-state index in [2.05, 4.69) is 12.0 Å². The van der Waals surface area contributed by atoms with E-state index in [1.54, 1.807) is 16.8 Å². The van der Waals surface area contributed by atoms with Gasteiger partial charge in [0.15, 0.2) is 5.65 Å². The maximum Gasteiger partial charge on any atom is 0.163 e. The molecule has 1 aliphatic heterocycles. The first-order valence-corrected chi connectivity index (χ1v) is 11.4. The van der Waals surface area contributed by atoms with Crippen LogP contribution in [0.5, 0.6) is 0 Å². The van der Waals surface area contributed by atoms with Crippen molar-refractivity contribution < 1.29 is 9.13 Å². The Hall–Kier alpha value is -2.90. The molecule has 0 saturated carbocycles. The van der Waals surface area contributed by atoms with E-state index in [9.17, 15) is 4.39 Å². The number of rotatable bonds is 3. The van der Waals surface area contributed by atoms with Crippen LogP contribution in [0.25, 0.3) is 22.3 Å². The molecule has 0 amide bonds. The van der Waals surface area contributed by atoms with Crippen molar-refractivity contribution in [1.82, 2.24) is 24.7 Å². The molecule has 6 nitrogen and oxygen atoms in total. The zero-order valence-corrected chi connectivity index (χ0v) is 19.8. The van der Waals surface area contributed by atoms with E-state index in [0.717, 1.165) is 35.0 Å². The van der Waals surface area contributed by atoms with Gasteiger partial charge in [-0.2, -0.15) is 5.10 Å². The molecular formula is C25H25ClFN5O. The first kappa shape index (κ1) is 21.9. The van der Waals surface area contributed by atoms with Gasteiger partial charge in [-0.3, -0.25) is 4.68 Å². The minimum absolute atomic E-state index is 0.0247. The van der Waals surface area contributed by atoms with Gasteiger partial charge >= 0.3 is 0 Å². The van der Waals surface area contributed by atoms with Crippen LogP contribution < -0.4 is 0 Å². The van der Waals surface area contributed by atoms with Crippen LogP contribution in [0.3, 0.4) is 0 Å². The summed E-state index contributed by atoms with van der Waals surface area (Å²) in [6.07, 6.45) is 5.23. The summed E-state index contributed by atoms with van der Waals surface area (Å²) >= 11 is 6.01. The van der Waals surface area contributed by atoms with Crippen molar-refractivity contribution in [2.24, 2.45) is 7.05 Å². The molecule has 0 bridgehead atoms. The van der Waals surface area contributed by atoms with Gasteiger partial charge in [0.25, 0.3) is 0 Å². The highest BCUT2D eigenvalue weighted by molar-refractivity contribution is 6.30. The number of nitrogens with zero attached hydrogens (tertiary/aromatic N) is 5. The topological polar surface area (TPSA) is 65.7 Å². The van der Waals surface area contributed by atoms with Gasteiger partial charge in [0.1, 0.15) is 11.6 Å². The van der Waals surface area contributed by atoms with Crippen LogP contribution in [0, 0.1) is 19.7 Å². The van der Waals surface area contributed by atoms with Gasteiger partial charge in [0.2, 0.25) is 0 Å². The highest BCUT2D eigenvalue weighted by Crippen LogP contribution is 2.40. The zero-order chi connectivity index (χ0) is 23.3. The van der Waals surface area contributed by atoms with E-state index in [1.807, 2.05) is 39.4 Å². The summed E-state index contributed by atoms with van der Waals surface area (Å²) in [7, 11) is 1.89. The lowest BCUT2D eigenvalue weighted by atomic mass is 9.89. The minimum Gasteiger partial charge on any atom is -0.370 e. The average Bonchev–Trinajstić information content (AvgIpc) is 3.20. The highest BCUT2D eigenvalue weighted by atomic mass is 35.5. The second-order valence-electron chi connectivity index (χ2n) is 8.87. The van der Waals surface area contributed by atoms with Crippen molar-refractivity contribution >= 4 is 22.6 Å². The molecule has 33 heavy (non-hydrogen) atoms. The van der Waals surface area contributed by atoms with Crippen LogP contribution in [0.2, 0.25) is 5.02 Å². The second-order valence-corrected chi connectivity index (χ2v) is 9.30. The molecule has 1 aromatic carbocycles. The van der Waals surface area contributed by atoms with Gasteiger partial charge < -0.3 is 4.74 Å². The number of pyridine rings is 1. The Morgan fingerprint density at radius 3 is 2.67 bits per heavy atom. The summed E-state index contributed by atoms with van der Waals surface area (Å²) in [5.41, 5.74) is 4.43. The number of aryl methyl sites for hydroxylation is 3. The third kappa shape index (κ3) is 4.23. The Bertz CT molecular complexity index is 1350. The fraction of sp³-hybridized carbons (Fsp3) is 0.360. The number of hydrogen-bond acceptors (Lipinski definition) is 5. The van der Waals surface area contributed by atoms with Gasteiger partial charge in [-0.1, -0.05) is 11.6 Å². The Kier molecular flexibility index (Phi) is 5.62. The molecule has 8 heteroatoms. The summed E-state index contributed by atoms with van der Waals surface area (Å²) in [4.78, 5) is 14.5. The number of fused-ring (bicyclic) bond motifs is 1. The fourth-order valence-electron chi connectivity index (χ4n) is 4.51. The monoisotopic (exact) mass is 465 g/mol. The number of halogens is 2. The van der Waals surface area contributed by atoms with Gasteiger partial charge in [0, 0.05) is 46.4 Å². The SMILES string of the molecule is Cc1cc2c(-c3ccc(Cl)cc3F)nc([C@@H]3C[C@@H](C)O[C@H](c4cnn(C)c4)C3)nc2nc1C. The Morgan fingerprint density at radius 2 is 1.94 bits per heavy atom. The summed E-state index contributed by atoms with van der Waals surface area (Å²) < 4.78 is 23.0. The van der Waals surface area contributed by atoms with Crippen molar-refractivity contribution in [3.8, 4) is 11.3 Å². The third-order valence-electron chi connectivity index (χ3n) is 6.31. The van der Waals surface area contributed by atoms with E-state index >= 15 is 0 Å². The van der Waals surface area contributed by atoms with Gasteiger partial charge in [-0.05, 0) is 63.4 Å². The molecule has 0 spiro atoms. The van der Waals surface area contributed by atoms with Crippen LogP contribution in [0.1, 0.15) is 54.4 Å². The van der Waals surface area contributed by atoms with Gasteiger partial charge in [0.05, 0.1) is 24.1 Å². The average molecular weight is 466 g/mol. The first-order chi connectivity index (χ1) is 15.8. The van der Waals surface area contributed by atoms with Crippen LogP contribution in [-0.4, -0.2) is 30.8 Å². The lowest BCUT2D eigenvalue weighted by Crippen LogP contribution is -2.26. The van der Waals surface area contributed by atoms with Crippen molar-refractivity contribution in [2.45, 2.75) is 51.7 Å². The molecule has 1 aliphatic rings. The molecule has 1 fully saturated rings. The Labute approximate surface area is 196 Å². The van der Waals surface area contributed by atoms with Crippen molar-refractivity contribution in [1.29, 1.82) is 0 Å². The molecule has 4 aromatic rings. The van der Waals surface area contributed by atoms with Crippen LogP contribution in [0.4, 0.5) is 4.39 Å². The second kappa shape index (κ2) is 8.47. The number of ether oxygens (including phenoxy) is 1. The van der Waals surface area contributed by atoms with Crippen molar-refractivity contribution in [3.05, 3.63) is 70.1 Å². The smallest absolute Gasteiger partial charge is 0.163 e. The van der Waals surface area contributed by atoms with Gasteiger partial charge in [-0.25, -0.2) is 19.3 Å². The number of hydrogen-bond donors (Lipinski definition) is 0. The van der Waals surface area contributed by atoms with E-state index < -0.39 is 5.82 Å². The summed E-state index contributed by atoms with van der Waals surface area (Å²) in [5, 5.41) is 5.36. The molecule has 3 aromatic heterocycles. The molecule has 0 unspecified atom stereocenters. The molecule has 0 N–H and O–H groups in total. The maximum atomic E-state index is 15.0. The number of aromatic nitrogens is 5. The predicted molar refractivity (Wildman–Crippen MR) is 126 cm³/mol. The largest absolute Gasteiger partial charge is 0.370 e. The molecule has 170 valence electrons. The zero-order valence-electron chi connectivity index (χ0n) is 19.0. The lowest BCUT2D eigenvalue weighted by molar-refractivity contribution is -0.0511. The van der Waals surface area contributed by atoms with E-state index in [1.165, 1.54) is 6.07 Å². The van der Waals surface area contributed by atoms with Gasteiger partial charge in [-0.15, -0.1) is 0 Å². The van der Waals surface area contributed by atoms with Crippen LogP contribution >= 0.6 is 11.6 Å². The molecule has 0 aliphatic carbocycles. The van der Waals surface area contributed by atoms with Crippen molar-refractivity contribution in [3.63, 3.8) is 0 Å². The van der Waals surface area contributed by atoms with Crippen LogP contribution in [0.15, 0.2) is 36.7 Å². The fourth-order valence-corrected chi connectivity index (χ4v) is 4.67. The maximum absolute atomic E-state index is 15.0. The standard InChI is InChI=1S/C25H25ClFN5O/c1-13-7-20-23(19-6-5-18(26)10-21(19)27)30-24(31-25(20)29-15(13)3)16-8-14(2)33-22(9-16)17-11-28-32(4)12-17/h5-7,10-12,14,16,22H,8-9H2,1-4H3/t14-,16-,22+/m1/s1. The highest BCUT2D eigenvalue weighted by Gasteiger charge is 2.32. The molecule has 5 rings (SSSR count). The van der Waals surface area contributed by atoms with Crippen LogP contribution in [-0.2, 0) is 11.8 Å². The number of benzene rings is 1. The van der Waals surface area contributed by atoms with E-state index in [-0.39, 0.29) is 18.1 Å². The van der Waals surface area contributed by atoms with E-state index in [0.29, 0.717) is 27.8 Å². The summed E-state index contributed by atoms with van der Waals surface area (Å²) in [6.45, 7) is 5.99. The quantitative estimate of drug-likeness (QED) is 0.379. The summed E-state index contributed by atoms with van der Waals surface area (Å²) in [6, 6.07) is 6.64. The molecular weight excluding hydrogens is 441 g/mol. The normalized spacial score (nSPS) is 21.0. The third-order valence-corrected chi connectivity index (χ3v) is 6.54. The van der Waals surface area contributed by atoms with E-state index in [4.69, 9.17) is 31.3 Å².